The Morgan fingerprint density at radius 2 is 0.709 bits per heavy atom. The van der Waals surface area contributed by atoms with Crippen LogP contribution in [-0.4, -0.2) is 82.3 Å². The zero-order chi connectivity index (χ0) is 57.6. The largest absolute Gasteiger partial charge is 0.545 e. The highest BCUT2D eigenvalue weighted by Gasteiger charge is 2.22. The summed E-state index contributed by atoms with van der Waals surface area (Å²) in [6, 6.07) is 0. The molecule has 0 bridgehead atoms. The van der Waals surface area contributed by atoms with Gasteiger partial charge in [0.25, 0.3) is 0 Å². The quantitative estimate of drug-likeness (QED) is 0.0195. The predicted octanol–water partition coefficient (Wildman–Crippen LogP) is 18.4. The summed E-state index contributed by atoms with van der Waals surface area (Å²) in [4.78, 5) is 37.2. The van der Waals surface area contributed by atoms with Crippen molar-refractivity contribution < 1.29 is 42.9 Å². The molecule has 0 fully saturated rings. The van der Waals surface area contributed by atoms with Crippen LogP contribution in [0.1, 0.15) is 271 Å². The molecule has 2 atom stereocenters. The van der Waals surface area contributed by atoms with Crippen molar-refractivity contribution in [1.82, 2.24) is 0 Å². The zero-order valence-corrected chi connectivity index (χ0v) is 51.7. The third-order valence-corrected chi connectivity index (χ3v) is 13.8. The van der Waals surface area contributed by atoms with Crippen molar-refractivity contribution in [3.05, 3.63) is 97.2 Å². The Kier molecular flexibility index (Phi) is 57.4. The van der Waals surface area contributed by atoms with E-state index in [0.29, 0.717) is 23.9 Å². The van der Waals surface area contributed by atoms with Crippen molar-refractivity contribution in [2.45, 2.75) is 283 Å². The summed E-state index contributed by atoms with van der Waals surface area (Å²) in [7, 11) is 5.90. The second kappa shape index (κ2) is 60.3. The fraction of sp³-hybridized carbons (Fsp3) is 0.729. The van der Waals surface area contributed by atoms with Gasteiger partial charge in [-0.15, -0.1) is 0 Å². The highest BCUT2D eigenvalue weighted by molar-refractivity contribution is 5.70. The molecule has 0 heterocycles. The summed E-state index contributed by atoms with van der Waals surface area (Å²) in [6.45, 7) is 4.44. The summed E-state index contributed by atoms with van der Waals surface area (Å²) in [5, 5.41) is 11.8. The molecule has 0 rings (SSSR count). The second-order valence-corrected chi connectivity index (χ2v) is 22.6. The van der Waals surface area contributed by atoms with Crippen molar-refractivity contribution in [1.29, 1.82) is 0 Å². The SMILES string of the molecule is CC/C=C\C/C=C\C/C=C\C/C=C\CCCCCCCCCCCCCCCCCCCCCCCCCCCCCCC(=O)OC(COC(=O)CC/C=C\C/C=C\C/C=C\C/C=C\CC)COC(OCC[N+](C)(C)C)C(=O)[O-]. The monoisotopic (exact) mass is 1100 g/mol. The number of carbonyl (C=O) groups is 3. The summed E-state index contributed by atoms with van der Waals surface area (Å²) in [5.74, 6) is -2.39. The van der Waals surface area contributed by atoms with E-state index >= 15 is 0 Å². The number of aliphatic carboxylic acids is 1. The van der Waals surface area contributed by atoms with Crippen molar-refractivity contribution >= 4 is 17.9 Å². The predicted molar refractivity (Wildman–Crippen MR) is 334 cm³/mol. The Balaban J connectivity index is 3.93. The van der Waals surface area contributed by atoms with E-state index in [1.165, 1.54) is 161 Å². The first kappa shape index (κ1) is 75.2. The highest BCUT2D eigenvalue weighted by Crippen LogP contribution is 2.17. The molecule has 79 heavy (non-hydrogen) atoms. The molecule has 9 heteroatoms. The van der Waals surface area contributed by atoms with Crippen LogP contribution >= 0.6 is 0 Å². The van der Waals surface area contributed by atoms with Crippen LogP contribution in [0.5, 0.6) is 0 Å². The first-order valence-corrected chi connectivity index (χ1v) is 32.4. The van der Waals surface area contributed by atoms with Crippen LogP contribution in [0, 0.1) is 0 Å². The Morgan fingerprint density at radius 1 is 0.380 bits per heavy atom. The molecule has 0 aliphatic heterocycles. The topological polar surface area (TPSA) is 111 Å². The molecule has 0 amide bonds. The Bertz CT molecular complexity index is 1620. The van der Waals surface area contributed by atoms with Crippen molar-refractivity contribution in [3.63, 3.8) is 0 Å². The number of carboxylic acids is 1. The molecule has 0 aromatic heterocycles. The Hall–Kier alpha value is -3.79. The standard InChI is InChI=1S/C70H121NO8/c1-6-8-10-12-14-16-18-20-21-22-23-24-25-26-27-28-29-30-31-32-33-34-35-36-37-38-39-40-41-42-43-44-45-46-47-49-51-53-55-57-59-61-68(73)79-66(65-78-70(69(74)75)76-63-62-71(3,4)5)64-77-67(72)60-58-56-54-52-50-48-19-17-15-13-11-9-7-2/h8-11,14-17,20-21,23-24,48,50,54,56,66,70H,6-7,12-13,18-19,22,25-47,49,51-53,55,57-65H2,1-5H3/b10-8-,11-9-,16-14-,17-15-,21-20-,24-23-,50-48-,56-54-. The van der Waals surface area contributed by atoms with Crippen LogP contribution in [0.3, 0.4) is 0 Å². The molecular formula is C70H121NO8. The van der Waals surface area contributed by atoms with Gasteiger partial charge in [-0.25, -0.2) is 0 Å². The van der Waals surface area contributed by atoms with Gasteiger partial charge in [-0.05, 0) is 77.0 Å². The summed E-state index contributed by atoms with van der Waals surface area (Å²) >= 11 is 0. The summed E-state index contributed by atoms with van der Waals surface area (Å²) in [5.41, 5.74) is 0. The van der Waals surface area contributed by atoms with E-state index in [4.69, 9.17) is 18.9 Å². The van der Waals surface area contributed by atoms with Crippen LogP contribution in [0.15, 0.2) is 97.2 Å². The smallest absolute Gasteiger partial charge is 0.306 e. The number of hydrogen-bond donors (Lipinski definition) is 0. The van der Waals surface area contributed by atoms with Gasteiger partial charge >= 0.3 is 11.9 Å². The fourth-order valence-corrected chi connectivity index (χ4v) is 8.96. The van der Waals surface area contributed by atoms with Crippen LogP contribution in [0.2, 0.25) is 0 Å². The number of nitrogens with zero attached hydrogens (tertiary/aromatic N) is 1. The van der Waals surface area contributed by atoms with E-state index < -0.39 is 30.3 Å². The molecule has 0 saturated heterocycles. The van der Waals surface area contributed by atoms with Gasteiger partial charge in [0.15, 0.2) is 12.4 Å². The van der Waals surface area contributed by atoms with Gasteiger partial charge in [0.2, 0.25) is 0 Å². The maximum Gasteiger partial charge on any atom is 0.306 e. The number of rotatable bonds is 59. The zero-order valence-electron chi connectivity index (χ0n) is 51.7. The number of quaternary nitrogens is 1. The number of carbonyl (C=O) groups excluding carboxylic acids is 3. The van der Waals surface area contributed by atoms with Gasteiger partial charge in [0, 0.05) is 12.8 Å². The third-order valence-electron chi connectivity index (χ3n) is 13.8. The van der Waals surface area contributed by atoms with Crippen LogP contribution in [0.4, 0.5) is 0 Å². The average Bonchev–Trinajstić information content (AvgIpc) is 3.42. The van der Waals surface area contributed by atoms with Crippen molar-refractivity contribution in [2.24, 2.45) is 0 Å². The number of hydrogen-bond acceptors (Lipinski definition) is 8. The lowest BCUT2D eigenvalue weighted by atomic mass is 10.0. The van der Waals surface area contributed by atoms with Gasteiger partial charge in [-0.2, -0.15) is 0 Å². The third kappa shape index (κ3) is 61.7. The molecule has 0 spiro atoms. The number of ether oxygens (including phenoxy) is 4. The second-order valence-electron chi connectivity index (χ2n) is 22.6. The highest BCUT2D eigenvalue weighted by atomic mass is 16.7. The van der Waals surface area contributed by atoms with Crippen LogP contribution in [-0.2, 0) is 33.3 Å². The van der Waals surface area contributed by atoms with E-state index in [1.807, 2.05) is 33.3 Å². The normalized spacial score (nSPS) is 13.4. The molecule has 0 aromatic carbocycles. The molecule has 454 valence electrons. The average molecular weight is 1100 g/mol. The Morgan fingerprint density at radius 3 is 1.06 bits per heavy atom. The van der Waals surface area contributed by atoms with Crippen molar-refractivity contribution in [3.8, 4) is 0 Å². The molecule has 0 radical (unpaired) electrons. The fourth-order valence-electron chi connectivity index (χ4n) is 8.96. The molecule has 0 aliphatic rings. The molecule has 0 aromatic rings. The minimum atomic E-state index is -1.64. The van der Waals surface area contributed by atoms with E-state index in [0.717, 1.165) is 70.6 Å². The van der Waals surface area contributed by atoms with E-state index in [9.17, 15) is 19.5 Å². The van der Waals surface area contributed by atoms with Gasteiger partial charge in [-0.3, -0.25) is 9.59 Å². The van der Waals surface area contributed by atoms with E-state index in [-0.39, 0.29) is 32.7 Å². The number of unbranched alkanes of at least 4 members (excludes halogenated alkanes) is 28. The maximum absolute atomic E-state index is 12.9. The molecule has 0 N–H and O–H groups in total. The number of allylic oxidation sites excluding steroid dienone is 16. The minimum Gasteiger partial charge on any atom is -0.545 e. The lowest BCUT2D eigenvalue weighted by Crippen LogP contribution is -2.44. The molecule has 9 nitrogen and oxygen atoms in total. The summed E-state index contributed by atoms with van der Waals surface area (Å²) < 4.78 is 22.6. The Labute approximate surface area is 486 Å². The molecule has 0 aliphatic carbocycles. The number of esters is 2. The number of carboxylic acid groups (broad SMARTS) is 1. The lowest BCUT2D eigenvalue weighted by molar-refractivity contribution is -0.870. The van der Waals surface area contributed by atoms with Crippen molar-refractivity contribution in [2.75, 3.05) is 47.5 Å². The van der Waals surface area contributed by atoms with Gasteiger partial charge in [0.1, 0.15) is 13.2 Å². The first-order valence-electron chi connectivity index (χ1n) is 32.4. The van der Waals surface area contributed by atoms with E-state index in [1.54, 1.807) is 0 Å². The van der Waals surface area contributed by atoms with Gasteiger partial charge in [0.05, 0.1) is 40.3 Å². The van der Waals surface area contributed by atoms with Crippen LogP contribution < -0.4 is 5.11 Å². The van der Waals surface area contributed by atoms with Gasteiger partial charge < -0.3 is 33.3 Å². The lowest BCUT2D eigenvalue weighted by Gasteiger charge is -2.26. The molecule has 2 unspecified atom stereocenters. The van der Waals surface area contributed by atoms with Gasteiger partial charge in [-0.1, -0.05) is 278 Å². The minimum absolute atomic E-state index is 0.135. The van der Waals surface area contributed by atoms with E-state index in [2.05, 4.69) is 98.9 Å². The summed E-state index contributed by atoms with van der Waals surface area (Å²) in [6.07, 6.45) is 79.7. The van der Waals surface area contributed by atoms with Crippen LogP contribution in [0.25, 0.3) is 0 Å². The molecule has 0 saturated carbocycles. The molecular weight excluding hydrogens is 983 g/mol. The number of likely N-dealkylation sites (N-methyl/N-ethyl adjacent to an activating group) is 1. The first-order chi connectivity index (χ1) is 38.6. The maximum atomic E-state index is 12.9.